The largest absolute Gasteiger partial charge is 0.393 e. The Balaban J connectivity index is 1.54. The summed E-state index contributed by atoms with van der Waals surface area (Å²) in [5.74, 6) is 4.87. The van der Waals surface area contributed by atoms with Gasteiger partial charge in [0.1, 0.15) is 0 Å². The van der Waals surface area contributed by atoms with Crippen LogP contribution in [0.5, 0.6) is 0 Å². The maximum atomic E-state index is 10.4. The molecule has 0 aromatic heterocycles. The fourth-order valence-electron chi connectivity index (χ4n) is 9.14. The zero-order chi connectivity index (χ0) is 19.6. The molecule has 9 atom stereocenters. The smallest absolute Gasteiger partial charge is 0.0594 e. The van der Waals surface area contributed by atoms with Gasteiger partial charge in [0, 0.05) is 0 Å². The number of hydrogen-bond acceptors (Lipinski definition) is 2. The van der Waals surface area contributed by atoms with Crippen LogP contribution in [0.15, 0.2) is 0 Å². The van der Waals surface area contributed by atoms with E-state index in [2.05, 4.69) is 20.8 Å². The van der Waals surface area contributed by atoms with Crippen LogP contribution < -0.4 is 0 Å². The molecule has 0 saturated heterocycles. The monoisotopic (exact) mass is 376 g/mol. The Morgan fingerprint density at radius 2 is 1.59 bits per heavy atom. The molecule has 0 bridgehead atoms. The molecule has 0 radical (unpaired) electrons. The lowest BCUT2D eigenvalue weighted by Gasteiger charge is -2.61. The van der Waals surface area contributed by atoms with E-state index in [1.165, 1.54) is 44.9 Å². The fraction of sp³-hybridized carbons (Fsp3) is 1.00. The summed E-state index contributed by atoms with van der Waals surface area (Å²) in [6.07, 6.45) is 12.6. The van der Waals surface area contributed by atoms with Crippen LogP contribution in [0.4, 0.5) is 0 Å². The summed E-state index contributed by atoms with van der Waals surface area (Å²) in [5, 5.41) is 20.6. The topological polar surface area (TPSA) is 40.5 Å². The Morgan fingerprint density at radius 1 is 0.926 bits per heavy atom. The first-order chi connectivity index (χ1) is 12.5. The molecule has 0 spiro atoms. The lowest BCUT2D eigenvalue weighted by molar-refractivity contribution is -0.130. The van der Waals surface area contributed by atoms with Gasteiger partial charge in [-0.25, -0.2) is 0 Å². The number of fused-ring (bicyclic) bond motifs is 5. The van der Waals surface area contributed by atoms with Crippen molar-refractivity contribution < 1.29 is 10.2 Å². The quantitative estimate of drug-likeness (QED) is 0.653. The average Bonchev–Trinajstić information content (AvgIpc) is 2.91. The van der Waals surface area contributed by atoms with Crippen LogP contribution >= 0.6 is 0 Å². The third kappa shape index (κ3) is 3.31. The van der Waals surface area contributed by atoms with Crippen LogP contribution in [0.25, 0.3) is 0 Å². The van der Waals surface area contributed by atoms with Crippen LogP contribution in [-0.4, -0.2) is 21.9 Å². The van der Waals surface area contributed by atoms with E-state index in [4.69, 9.17) is 0 Å². The maximum absolute atomic E-state index is 10.4. The van der Waals surface area contributed by atoms with Crippen molar-refractivity contribution in [1.29, 1.82) is 0 Å². The van der Waals surface area contributed by atoms with E-state index in [9.17, 15) is 10.2 Å². The first kappa shape index (κ1) is 20.2. The molecule has 156 valence electrons. The van der Waals surface area contributed by atoms with Gasteiger partial charge in [0.15, 0.2) is 0 Å². The van der Waals surface area contributed by atoms with Gasteiger partial charge in [0.2, 0.25) is 0 Å². The molecule has 4 fully saturated rings. The lowest BCUT2D eigenvalue weighted by atomic mass is 9.44. The summed E-state index contributed by atoms with van der Waals surface area (Å²) in [4.78, 5) is 0. The zero-order valence-electron chi connectivity index (χ0n) is 18.5. The summed E-state index contributed by atoms with van der Waals surface area (Å²) >= 11 is 0. The molecule has 27 heavy (non-hydrogen) atoms. The molecule has 4 aliphatic carbocycles. The Labute approximate surface area is 167 Å². The highest BCUT2D eigenvalue weighted by Gasteiger charge is 2.60. The minimum absolute atomic E-state index is 0.0352. The Hall–Kier alpha value is -0.0800. The molecule has 2 heteroatoms. The Morgan fingerprint density at radius 3 is 2.30 bits per heavy atom. The van der Waals surface area contributed by atoms with Crippen LogP contribution in [-0.2, 0) is 0 Å². The molecule has 4 saturated carbocycles. The Bertz CT molecular complexity index is 551. The number of hydrogen-bond donors (Lipinski definition) is 2. The second-order valence-corrected chi connectivity index (χ2v) is 12.3. The van der Waals surface area contributed by atoms with Crippen molar-refractivity contribution in [1.82, 2.24) is 0 Å². The molecule has 0 aliphatic heterocycles. The van der Waals surface area contributed by atoms with Crippen LogP contribution in [0.1, 0.15) is 98.8 Å². The standard InChI is InChI=1S/C25H44O2/c1-16(15-23(2,3)27)20-8-9-21-19-7-6-17-14-18(26)10-12-24(17,4)22(19)11-13-25(20,21)5/h16-22,26-27H,6-15H2,1-5H3/t16-,17-,18-,19+,20-,21+,22+,24+,25-/m1/s1. The van der Waals surface area contributed by atoms with Crippen molar-refractivity contribution >= 4 is 0 Å². The van der Waals surface area contributed by atoms with Gasteiger partial charge < -0.3 is 10.2 Å². The maximum Gasteiger partial charge on any atom is 0.0594 e. The molecule has 0 unspecified atom stereocenters. The second kappa shape index (κ2) is 6.73. The molecular weight excluding hydrogens is 332 g/mol. The molecule has 0 heterocycles. The Kier molecular flexibility index (Phi) is 5.03. The summed E-state index contributed by atoms with van der Waals surface area (Å²) in [5.41, 5.74) is 0.434. The van der Waals surface area contributed by atoms with Gasteiger partial charge >= 0.3 is 0 Å². The van der Waals surface area contributed by atoms with Crippen LogP contribution in [0, 0.1) is 46.3 Å². The number of aliphatic hydroxyl groups is 2. The summed E-state index contributed by atoms with van der Waals surface area (Å²) < 4.78 is 0. The predicted molar refractivity (Wildman–Crippen MR) is 111 cm³/mol. The lowest BCUT2D eigenvalue weighted by Crippen LogP contribution is -2.54. The minimum atomic E-state index is -0.542. The molecule has 4 rings (SSSR count). The van der Waals surface area contributed by atoms with Crippen molar-refractivity contribution in [2.45, 2.75) is 111 Å². The highest BCUT2D eigenvalue weighted by Crippen LogP contribution is 2.68. The van der Waals surface area contributed by atoms with Gasteiger partial charge in [0.05, 0.1) is 11.7 Å². The highest BCUT2D eigenvalue weighted by molar-refractivity contribution is 5.09. The molecular formula is C25H44O2. The van der Waals surface area contributed by atoms with E-state index in [0.717, 1.165) is 48.9 Å². The van der Waals surface area contributed by atoms with Crippen molar-refractivity contribution in [3.8, 4) is 0 Å². The van der Waals surface area contributed by atoms with Gasteiger partial charge in [-0.15, -0.1) is 0 Å². The molecule has 0 amide bonds. The summed E-state index contributed by atoms with van der Waals surface area (Å²) in [6, 6.07) is 0. The number of aliphatic hydroxyl groups excluding tert-OH is 1. The first-order valence-corrected chi connectivity index (χ1v) is 11.9. The first-order valence-electron chi connectivity index (χ1n) is 11.9. The van der Waals surface area contributed by atoms with Gasteiger partial charge in [-0.1, -0.05) is 20.8 Å². The number of rotatable bonds is 3. The normalized spacial score (nSPS) is 51.2. The molecule has 0 aromatic rings. The van der Waals surface area contributed by atoms with Gasteiger partial charge in [-0.3, -0.25) is 0 Å². The average molecular weight is 377 g/mol. The van der Waals surface area contributed by atoms with Crippen LogP contribution in [0.2, 0.25) is 0 Å². The van der Waals surface area contributed by atoms with E-state index < -0.39 is 5.60 Å². The molecule has 0 aromatic carbocycles. The van der Waals surface area contributed by atoms with Gasteiger partial charge in [-0.05, 0) is 124 Å². The molecule has 4 aliphatic rings. The molecule has 2 nitrogen and oxygen atoms in total. The van der Waals surface area contributed by atoms with E-state index in [-0.39, 0.29) is 6.10 Å². The van der Waals surface area contributed by atoms with Gasteiger partial charge in [-0.2, -0.15) is 0 Å². The van der Waals surface area contributed by atoms with E-state index in [1.54, 1.807) is 0 Å². The fourth-order valence-corrected chi connectivity index (χ4v) is 9.14. The van der Waals surface area contributed by atoms with Crippen molar-refractivity contribution in [2.24, 2.45) is 46.3 Å². The SMILES string of the molecule is C[C@H](CC(C)(C)O)[C@H]1CC[C@H]2[C@@H]3CC[C@@H]4C[C@H](O)CC[C@]4(C)[C@H]3CC[C@]12C. The predicted octanol–water partition coefficient (Wildman–Crippen LogP) is 5.80. The highest BCUT2D eigenvalue weighted by atomic mass is 16.3. The van der Waals surface area contributed by atoms with Crippen molar-refractivity contribution in [2.75, 3.05) is 0 Å². The van der Waals surface area contributed by atoms with E-state index >= 15 is 0 Å². The minimum Gasteiger partial charge on any atom is -0.393 e. The van der Waals surface area contributed by atoms with Crippen LogP contribution in [0.3, 0.4) is 0 Å². The van der Waals surface area contributed by atoms with Crippen molar-refractivity contribution in [3.05, 3.63) is 0 Å². The summed E-state index contributed by atoms with van der Waals surface area (Å²) in [7, 11) is 0. The zero-order valence-corrected chi connectivity index (χ0v) is 18.5. The summed E-state index contributed by atoms with van der Waals surface area (Å²) in [6.45, 7) is 11.6. The third-order valence-corrected chi connectivity index (χ3v) is 10.2. The molecule has 2 N–H and O–H groups in total. The van der Waals surface area contributed by atoms with E-state index in [1.807, 2.05) is 13.8 Å². The third-order valence-electron chi connectivity index (χ3n) is 10.2. The van der Waals surface area contributed by atoms with Crippen molar-refractivity contribution in [3.63, 3.8) is 0 Å². The second-order valence-electron chi connectivity index (χ2n) is 12.3. The van der Waals surface area contributed by atoms with E-state index in [0.29, 0.717) is 16.7 Å². The van der Waals surface area contributed by atoms with Gasteiger partial charge in [0.25, 0.3) is 0 Å².